The summed E-state index contributed by atoms with van der Waals surface area (Å²) < 4.78 is 0. The standard InChI is InChI=1S/C24H20N4/c25-21(14-19-6-3-5-17-4-1-2-7-20(17)19)24-27-22-9-8-18(15-23(22)28-24)16-10-12-26-13-11-16/h1-13,15,21H,14,25H2,(H,27,28)/t21-/m0/s1. The molecule has 0 fully saturated rings. The zero-order valence-corrected chi connectivity index (χ0v) is 15.3. The van der Waals surface area contributed by atoms with Gasteiger partial charge in [0.2, 0.25) is 0 Å². The number of aromatic nitrogens is 3. The number of hydrogen-bond acceptors (Lipinski definition) is 3. The molecule has 2 aromatic heterocycles. The third-order valence-electron chi connectivity index (χ3n) is 5.18. The average molecular weight is 364 g/mol. The lowest BCUT2D eigenvalue weighted by molar-refractivity contribution is 0.683. The summed E-state index contributed by atoms with van der Waals surface area (Å²) in [4.78, 5) is 12.2. The fraction of sp³-hybridized carbons (Fsp3) is 0.0833. The molecule has 1 atom stereocenters. The lowest BCUT2D eigenvalue weighted by Gasteiger charge is -2.11. The van der Waals surface area contributed by atoms with E-state index in [1.165, 1.54) is 16.3 Å². The van der Waals surface area contributed by atoms with Gasteiger partial charge in [0, 0.05) is 12.4 Å². The Morgan fingerprint density at radius 3 is 2.57 bits per heavy atom. The number of nitrogens with one attached hydrogen (secondary N) is 1. The molecule has 0 spiro atoms. The predicted octanol–water partition coefficient (Wildman–Crippen LogP) is 5.02. The molecule has 4 nitrogen and oxygen atoms in total. The fourth-order valence-corrected chi connectivity index (χ4v) is 3.73. The van der Waals surface area contributed by atoms with Gasteiger partial charge in [0.05, 0.1) is 17.1 Å². The van der Waals surface area contributed by atoms with E-state index in [4.69, 9.17) is 10.7 Å². The van der Waals surface area contributed by atoms with E-state index in [2.05, 4.69) is 64.6 Å². The third kappa shape index (κ3) is 3.04. The number of imidazole rings is 1. The number of aromatic amines is 1. The van der Waals surface area contributed by atoms with E-state index in [-0.39, 0.29) is 6.04 Å². The van der Waals surface area contributed by atoms with Crippen LogP contribution in [0.3, 0.4) is 0 Å². The van der Waals surface area contributed by atoms with Crippen LogP contribution in [0.2, 0.25) is 0 Å². The van der Waals surface area contributed by atoms with Gasteiger partial charge < -0.3 is 10.7 Å². The number of fused-ring (bicyclic) bond motifs is 2. The first-order valence-corrected chi connectivity index (χ1v) is 9.40. The van der Waals surface area contributed by atoms with Crippen molar-refractivity contribution in [2.75, 3.05) is 0 Å². The van der Waals surface area contributed by atoms with E-state index < -0.39 is 0 Å². The number of benzene rings is 3. The predicted molar refractivity (Wildman–Crippen MR) is 114 cm³/mol. The van der Waals surface area contributed by atoms with Crippen molar-refractivity contribution in [1.29, 1.82) is 0 Å². The summed E-state index contributed by atoms with van der Waals surface area (Å²) in [6, 6.07) is 24.8. The van der Waals surface area contributed by atoms with E-state index in [9.17, 15) is 0 Å². The van der Waals surface area contributed by atoms with Crippen LogP contribution in [0.25, 0.3) is 32.9 Å². The number of nitrogens with zero attached hydrogens (tertiary/aromatic N) is 2. The molecule has 0 amide bonds. The smallest absolute Gasteiger partial charge is 0.124 e. The molecular weight excluding hydrogens is 344 g/mol. The van der Waals surface area contributed by atoms with Crippen LogP contribution in [0.15, 0.2) is 85.2 Å². The zero-order valence-electron chi connectivity index (χ0n) is 15.3. The summed E-state index contributed by atoms with van der Waals surface area (Å²) in [5.41, 5.74) is 12.0. The summed E-state index contributed by atoms with van der Waals surface area (Å²) >= 11 is 0. The van der Waals surface area contributed by atoms with E-state index in [1.807, 2.05) is 18.2 Å². The molecule has 2 heterocycles. The molecule has 0 radical (unpaired) electrons. The average Bonchev–Trinajstić information content (AvgIpc) is 3.18. The Morgan fingerprint density at radius 2 is 1.68 bits per heavy atom. The molecule has 0 aliphatic rings. The van der Waals surface area contributed by atoms with Crippen LogP contribution in [0.5, 0.6) is 0 Å². The van der Waals surface area contributed by atoms with Crippen molar-refractivity contribution in [2.24, 2.45) is 5.73 Å². The Bertz CT molecular complexity index is 1250. The molecule has 3 aromatic carbocycles. The molecule has 0 aliphatic carbocycles. The highest BCUT2D eigenvalue weighted by molar-refractivity contribution is 5.86. The Morgan fingerprint density at radius 1 is 0.857 bits per heavy atom. The van der Waals surface area contributed by atoms with Crippen LogP contribution in [-0.2, 0) is 6.42 Å². The maximum Gasteiger partial charge on any atom is 0.124 e. The summed E-state index contributed by atoms with van der Waals surface area (Å²) in [6.45, 7) is 0. The topological polar surface area (TPSA) is 67.6 Å². The molecule has 136 valence electrons. The van der Waals surface area contributed by atoms with Gasteiger partial charge in [0.25, 0.3) is 0 Å². The molecule has 0 aliphatic heterocycles. The molecule has 5 rings (SSSR count). The minimum absolute atomic E-state index is 0.192. The van der Waals surface area contributed by atoms with E-state index in [0.717, 1.165) is 34.4 Å². The van der Waals surface area contributed by atoms with Gasteiger partial charge in [-0.2, -0.15) is 0 Å². The van der Waals surface area contributed by atoms with E-state index in [1.54, 1.807) is 12.4 Å². The summed E-state index contributed by atoms with van der Waals surface area (Å²) in [5, 5.41) is 2.48. The molecule has 0 unspecified atom stereocenters. The lowest BCUT2D eigenvalue weighted by Crippen LogP contribution is -2.15. The van der Waals surface area contributed by atoms with Crippen molar-refractivity contribution in [3.63, 3.8) is 0 Å². The second kappa shape index (κ2) is 6.91. The van der Waals surface area contributed by atoms with Crippen molar-refractivity contribution in [2.45, 2.75) is 12.5 Å². The normalized spacial score (nSPS) is 12.5. The number of hydrogen-bond donors (Lipinski definition) is 2. The number of rotatable bonds is 4. The van der Waals surface area contributed by atoms with Crippen molar-refractivity contribution in [3.8, 4) is 11.1 Å². The van der Waals surface area contributed by atoms with Crippen LogP contribution in [0.4, 0.5) is 0 Å². The van der Waals surface area contributed by atoms with Crippen LogP contribution in [0, 0.1) is 0 Å². The van der Waals surface area contributed by atoms with Crippen molar-refractivity contribution < 1.29 is 0 Å². The van der Waals surface area contributed by atoms with Gasteiger partial charge in [-0.3, -0.25) is 4.98 Å². The highest BCUT2D eigenvalue weighted by Crippen LogP contribution is 2.26. The highest BCUT2D eigenvalue weighted by atomic mass is 15.0. The van der Waals surface area contributed by atoms with Crippen LogP contribution in [0.1, 0.15) is 17.4 Å². The van der Waals surface area contributed by atoms with Gasteiger partial charge in [-0.1, -0.05) is 48.5 Å². The Balaban J connectivity index is 1.47. The molecule has 4 heteroatoms. The number of pyridine rings is 1. The van der Waals surface area contributed by atoms with Crippen LogP contribution < -0.4 is 5.73 Å². The van der Waals surface area contributed by atoms with E-state index in [0.29, 0.717) is 0 Å². The van der Waals surface area contributed by atoms with Crippen molar-refractivity contribution in [3.05, 3.63) is 96.6 Å². The molecule has 0 saturated carbocycles. The van der Waals surface area contributed by atoms with Gasteiger partial charge in [-0.15, -0.1) is 0 Å². The molecule has 5 aromatic rings. The van der Waals surface area contributed by atoms with Gasteiger partial charge in [0.1, 0.15) is 5.82 Å². The van der Waals surface area contributed by atoms with Gasteiger partial charge in [0.15, 0.2) is 0 Å². The monoisotopic (exact) mass is 364 g/mol. The fourth-order valence-electron chi connectivity index (χ4n) is 3.73. The van der Waals surface area contributed by atoms with Gasteiger partial charge in [-0.05, 0) is 58.1 Å². The molecule has 3 N–H and O–H groups in total. The highest BCUT2D eigenvalue weighted by Gasteiger charge is 2.14. The summed E-state index contributed by atoms with van der Waals surface area (Å²) in [5.74, 6) is 0.815. The summed E-state index contributed by atoms with van der Waals surface area (Å²) in [6.07, 6.45) is 4.34. The SMILES string of the molecule is N[C@@H](Cc1cccc2ccccc12)c1nc2ccc(-c3ccncc3)cc2[nH]1. The minimum Gasteiger partial charge on any atom is -0.341 e. The maximum atomic E-state index is 6.53. The second-order valence-electron chi connectivity index (χ2n) is 7.04. The first-order chi connectivity index (χ1) is 13.8. The van der Waals surface area contributed by atoms with Gasteiger partial charge in [-0.25, -0.2) is 4.98 Å². The molecular formula is C24H20N4. The van der Waals surface area contributed by atoms with E-state index >= 15 is 0 Å². The quantitative estimate of drug-likeness (QED) is 0.470. The number of H-pyrrole nitrogens is 1. The van der Waals surface area contributed by atoms with Crippen LogP contribution in [-0.4, -0.2) is 15.0 Å². The summed E-state index contributed by atoms with van der Waals surface area (Å²) in [7, 11) is 0. The minimum atomic E-state index is -0.192. The Hall–Kier alpha value is -3.50. The van der Waals surface area contributed by atoms with Crippen molar-refractivity contribution >= 4 is 21.8 Å². The Kier molecular flexibility index (Phi) is 4.11. The molecule has 0 bridgehead atoms. The number of nitrogens with two attached hydrogens (primary N) is 1. The first-order valence-electron chi connectivity index (χ1n) is 9.40. The first kappa shape index (κ1) is 16.7. The third-order valence-corrected chi connectivity index (χ3v) is 5.18. The zero-order chi connectivity index (χ0) is 18.9. The molecule has 0 saturated heterocycles. The largest absolute Gasteiger partial charge is 0.341 e. The Labute approximate surface area is 163 Å². The molecule has 28 heavy (non-hydrogen) atoms. The second-order valence-corrected chi connectivity index (χ2v) is 7.04. The van der Waals surface area contributed by atoms with Crippen molar-refractivity contribution in [1.82, 2.24) is 15.0 Å². The maximum absolute atomic E-state index is 6.53. The lowest BCUT2D eigenvalue weighted by atomic mass is 9.99. The van der Waals surface area contributed by atoms with Gasteiger partial charge >= 0.3 is 0 Å². The van der Waals surface area contributed by atoms with Crippen LogP contribution >= 0.6 is 0 Å².